The molecule has 1 fully saturated rings. The van der Waals surface area contributed by atoms with Crippen LogP contribution in [0.3, 0.4) is 0 Å². The van der Waals surface area contributed by atoms with Gasteiger partial charge in [-0.15, -0.1) is 11.6 Å². The fourth-order valence-corrected chi connectivity index (χ4v) is 4.22. The Labute approximate surface area is 94.9 Å². The topological polar surface area (TPSA) is 37.3 Å². The van der Waals surface area contributed by atoms with Gasteiger partial charge in [0.2, 0.25) is 6.43 Å². The summed E-state index contributed by atoms with van der Waals surface area (Å²) in [6.07, 6.45) is -2.77. The van der Waals surface area contributed by atoms with E-state index in [0.717, 1.165) is 0 Å². The van der Waals surface area contributed by atoms with Gasteiger partial charge in [0.25, 0.3) is 0 Å². The summed E-state index contributed by atoms with van der Waals surface area (Å²) in [4.78, 5) is 10.6. The van der Waals surface area contributed by atoms with Crippen LogP contribution in [-0.2, 0) is 4.79 Å². The van der Waals surface area contributed by atoms with Crippen LogP contribution in [0.25, 0.3) is 0 Å². The summed E-state index contributed by atoms with van der Waals surface area (Å²) in [7, 11) is 0. The van der Waals surface area contributed by atoms with Crippen molar-refractivity contribution >= 4 is 49.4 Å². The molecular weight excluding hydrogens is 337 g/mol. The van der Waals surface area contributed by atoms with Crippen LogP contribution in [0, 0.1) is 11.3 Å². The number of carboxylic acids is 1. The normalized spacial score (nSPS) is 36.3. The Kier molecular flexibility index (Phi) is 2.97. The van der Waals surface area contributed by atoms with E-state index in [2.05, 4.69) is 31.9 Å². The highest BCUT2D eigenvalue weighted by molar-refractivity contribution is 9.25. The van der Waals surface area contributed by atoms with Crippen molar-refractivity contribution in [3.8, 4) is 0 Å². The fraction of sp³-hybridized carbons (Fsp3) is 0.833. The molecular formula is C6H5Br2ClF2O2. The minimum atomic E-state index is -2.77. The molecule has 0 aromatic rings. The minimum absolute atomic E-state index is 0.405. The summed E-state index contributed by atoms with van der Waals surface area (Å²) >= 11 is 11.2. The van der Waals surface area contributed by atoms with Crippen LogP contribution in [0.4, 0.5) is 8.78 Å². The Morgan fingerprint density at radius 2 is 2.08 bits per heavy atom. The van der Waals surface area contributed by atoms with E-state index in [4.69, 9.17) is 16.7 Å². The Balaban J connectivity index is 2.99. The molecule has 76 valence electrons. The highest BCUT2D eigenvalue weighted by Crippen LogP contribution is 2.74. The number of aliphatic carboxylic acids is 1. The van der Waals surface area contributed by atoms with E-state index in [1.165, 1.54) is 0 Å². The molecule has 0 aliphatic heterocycles. The van der Waals surface area contributed by atoms with Gasteiger partial charge in [-0.3, -0.25) is 4.79 Å². The van der Waals surface area contributed by atoms with Crippen LogP contribution in [-0.4, -0.2) is 26.6 Å². The van der Waals surface area contributed by atoms with Crippen LogP contribution in [0.15, 0.2) is 0 Å². The van der Waals surface area contributed by atoms with E-state index in [1.54, 1.807) is 0 Å². The van der Waals surface area contributed by atoms with Gasteiger partial charge in [0.15, 0.2) is 0 Å². The molecule has 1 saturated carbocycles. The van der Waals surface area contributed by atoms with Gasteiger partial charge < -0.3 is 5.11 Å². The highest BCUT2D eigenvalue weighted by atomic mass is 79.9. The lowest BCUT2D eigenvalue weighted by molar-refractivity contribution is -0.140. The zero-order chi connectivity index (χ0) is 10.4. The molecule has 2 atom stereocenters. The van der Waals surface area contributed by atoms with E-state index in [9.17, 15) is 13.6 Å². The van der Waals surface area contributed by atoms with Gasteiger partial charge in [0.1, 0.15) is 3.23 Å². The minimum Gasteiger partial charge on any atom is -0.481 e. The molecule has 0 aromatic heterocycles. The third-order valence-corrected chi connectivity index (χ3v) is 5.11. The molecule has 2 nitrogen and oxygen atoms in total. The molecule has 0 radical (unpaired) electrons. The average Bonchev–Trinajstić information content (AvgIpc) is 2.48. The average molecular weight is 342 g/mol. The molecule has 1 N–H and O–H groups in total. The molecule has 0 spiro atoms. The summed E-state index contributed by atoms with van der Waals surface area (Å²) in [6, 6.07) is 0. The zero-order valence-electron chi connectivity index (χ0n) is 6.11. The van der Waals surface area contributed by atoms with Crippen molar-refractivity contribution in [2.75, 3.05) is 5.88 Å². The van der Waals surface area contributed by atoms with Gasteiger partial charge in [-0.25, -0.2) is 8.78 Å². The maximum Gasteiger partial charge on any atom is 0.309 e. The number of alkyl halides is 5. The molecule has 1 aliphatic carbocycles. The first-order valence-corrected chi connectivity index (χ1v) is 5.39. The van der Waals surface area contributed by atoms with Crippen LogP contribution in [0.2, 0.25) is 0 Å². The van der Waals surface area contributed by atoms with Crippen molar-refractivity contribution in [2.45, 2.75) is 9.66 Å². The Hall–Kier alpha value is 0.580. The zero-order valence-corrected chi connectivity index (χ0v) is 10.0. The number of hydrogen-bond donors (Lipinski definition) is 1. The second kappa shape index (κ2) is 3.31. The van der Waals surface area contributed by atoms with Gasteiger partial charge in [0, 0.05) is 5.88 Å². The predicted molar refractivity (Wildman–Crippen MR) is 50.9 cm³/mol. The molecule has 1 aliphatic rings. The lowest BCUT2D eigenvalue weighted by atomic mass is 10.1. The number of carboxylic acid groups (broad SMARTS) is 1. The third kappa shape index (κ3) is 1.33. The second-order valence-electron chi connectivity index (χ2n) is 2.87. The van der Waals surface area contributed by atoms with E-state index < -0.39 is 32.8 Å². The first-order valence-electron chi connectivity index (χ1n) is 3.27. The van der Waals surface area contributed by atoms with E-state index in [0.29, 0.717) is 0 Å². The monoisotopic (exact) mass is 340 g/mol. The van der Waals surface area contributed by atoms with Crippen LogP contribution in [0.5, 0.6) is 0 Å². The van der Waals surface area contributed by atoms with Gasteiger partial charge in [0.05, 0.1) is 11.3 Å². The summed E-state index contributed by atoms with van der Waals surface area (Å²) in [5.41, 5.74) is -1.71. The number of rotatable bonds is 3. The van der Waals surface area contributed by atoms with Crippen molar-refractivity contribution in [1.82, 2.24) is 0 Å². The predicted octanol–water partition coefficient (Wildman–Crippen LogP) is 2.68. The van der Waals surface area contributed by atoms with Crippen LogP contribution < -0.4 is 0 Å². The SMILES string of the molecule is O=C(O)C1C(Br)(Br)C1(CCl)C(F)F. The summed E-state index contributed by atoms with van der Waals surface area (Å²) in [5.74, 6) is -2.88. The standard InChI is InChI=1S/C6H5Br2ClF2O2/c7-6(8)2(3(12)13)5(6,1-9)4(10)11/h2,4H,1H2,(H,12,13). The Bertz CT molecular complexity index is 249. The molecule has 0 amide bonds. The molecule has 7 heteroatoms. The first-order chi connectivity index (χ1) is 5.82. The summed E-state index contributed by atoms with van der Waals surface area (Å²) in [6.45, 7) is 0. The maximum atomic E-state index is 12.6. The van der Waals surface area contributed by atoms with Crippen LogP contribution in [0.1, 0.15) is 0 Å². The van der Waals surface area contributed by atoms with Gasteiger partial charge >= 0.3 is 5.97 Å². The van der Waals surface area contributed by atoms with Gasteiger partial charge in [-0.2, -0.15) is 0 Å². The van der Waals surface area contributed by atoms with Crippen molar-refractivity contribution in [1.29, 1.82) is 0 Å². The van der Waals surface area contributed by atoms with Crippen molar-refractivity contribution < 1.29 is 18.7 Å². The third-order valence-electron chi connectivity index (χ3n) is 2.27. The fourth-order valence-electron chi connectivity index (χ4n) is 1.35. The molecule has 0 aromatic carbocycles. The molecule has 0 bridgehead atoms. The first kappa shape index (κ1) is 11.7. The molecule has 0 saturated heterocycles. The number of halogens is 5. The molecule has 0 heterocycles. The van der Waals surface area contributed by atoms with Gasteiger partial charge in [-0.05, 0) is 0 Å². The largest absolute Gasteiger partial charge is 0.481 e. The highest BCUT2D eigenvalue weighted by Gasteiger charge is 2.82. The smallest absolute Gasteiger partial charge is 0.309 e. The van der Waals surface area contributed by atoms with Gasteiger partial charge in [-0.1, -0.05) is 31.9 Å². The summed E-state index contributed by atoms with van der Waals surface area (Å²) in [5, 5.41) is 8.65. The van der Waals surface area contributed by atoms with Crippen molar-refractivity contribution in [2.24, 2.45) is 11.3 Å². The number of carbonyl (C=O) groups is 1. The number of hydrogen-bond acceptors (Lipinski definition) is 1. The second-order valence-corrected chi connectivity index (χ2v) is 6.70. The Morgan fingerprint density at radius 1 is 1.62 bits per heavy atom. The lowest BCUT2D eigenvalue weighted by Gasteiger charge is -2.12. The molecule has 1 rings (SSSR count). The quantitative estimate of drug-likeness (QED) is 0.801. The van der Waals surface area contributed by atoms with Crippen LogP contribution >= 0.6 is 43.5 Å². The lowest BCUT2D eigenvalue weighted by Crippen LogP contribution is -2.23. The molecule has 13 heavy (non-hydrogen) atoms. The van der Waals surface area contributed by atoms with E-state index >= 15 is 0 Å². The van der Waals surface area contributed by atoms with Crippen molar-refractivity contribution in [3.63, 3.8) is 0 Å². The molecule has 2 unspecified atom stereocenters. The summed E-state index contributed by atoms with van der Waals surface area (Å²) < 4.78 is 23.9. The van der Waals surface area contributed by atoms with E-state index in [1.807, 2.05) is 0 Å². The maximum absolute atomic E-state index is 12.6. The van der Waals surface area contributed by atoms with E-state index in [-0.39, 0.29) is 0 Å². The Morgan fingerprint density at radius 3 is 2.15 bits per heavy atom. The van der Waals surface area contributed by atoms with Crippen molar-refractivity contribution in [3.05, 3.63) is 0 Å².